The number of pyridine rings is 1. The second-order valence-corrected chi connectivity index (χ2v) is 8.04. The van der Waals surface area contributed by atoms with Crippen molar-refractivity contribution in [2.45, 2.75) is 0 Å². The zero-order valence-corrected chi connectivity index (χ0v) is 15.0. The Bertz CT molecular complexity index is 768. The lowest BCUT2D eigenvalue weighted by atomic mass is 10.3. The lowest BCUT2D eigenvalue weighted by Gasteiger charge is -1.96. The van der Waals surface area contributed by atoms with E-state index in [2.05, 4.69) is 52.4 Å². The van der Waals surface area contributed by atoms with Crippen LogP contribution in [-0.2, 0) is 0 Å². The number of hydrogen-bond acceptors (Lipinski definition) is 6. The number of amides is 1. The van der Waals surface area contributed by atoms with Crippen LogP contribution < -0.4 is 5.32 Å². The van der Waals surface area contributed by atoms with Gasteiger partial charge in [-0.15, -0.1) is 21.5 Å². The third kappa shape index (κ3) is 3.37. The molecule has 0 radical (unpaired) electrons. The second kappa shape index (κ2) is 6.30. The first-order valence-corrected chi connectivity index (χ1v) is 8.85. The summed E-state index contributed by atoms with van der Waals surface area (Å²) >= 11 is 9.38. The van der Waals surface area contributed by atoms with Crippen molar-refractivity contribution < 1.29 is 4.79 Å². The largest absolute Gasteiger partial charge is 0.296 e. The summed E-state index contributed by atoms with van der Waals surface area (Å²) in [5.41, 5.74) is 0.872. The van der Waals surface area contributed by atoms with E-state index in [9.17, 15) is 4.79 Å². The first-order chi connectivity index (χ1) is 10.1. The van der Waals surface area contributed by atoms with Crippen molar-refractivity contribution >= 4 is 65.6 Å². The van der Waals surface area contributed by atoms with Crippen molar-refractivity contribution in [3.63, 3.8) is 0 Å². The number of carbonyl (C=O) groups is 1. The lowest BCUT2D eigenvalue weighted by molar-refractivity contribution is 0.103. The van der Waals surface area contributed by atoms with Crippen LogP contribution in [0.15, 0.2) is 38.9 Å². The minimum Gasteiger partial charge on any atom is -0.296 e. The zero-order chi connectivity index (χ0) is 14.8. The number of aromatic nitrogens is 3. The molecular weight excluding hydrogens is 440 g/mol. The first-order valence-electron chi connectivity index (χ1n) is 5.63. The van der Waals surface area contributed by atoms with Gasteiger partial charge in [0.1, 0.15) is 0 Å². The maximum Gasteiger partial charge on any atom is 0.267 e. The van der Waals surface area contributed by atoms with Gasteiger partial charge in [0.25, 0.3) is 5.91 Å². The predicted molar refractivity (Wildman–Crippen MR) is 90.8 cm³/mol. The molecule has 0 bridgehead atoms. The fourth-order valence-electron chi connectivity index (χ4n) is 1.50. The smallest absolute Gasteiger partial charge is 0.267 e. The standard InChI is InChI=1S/C12H6Br2N4OS2/c13-7-4-8(20-9(7)14)10(19)16-12-18-17-11(21-12)6-2-1-3-15-5-6/h1-5H,(H,16,18,19). The average molecular weight is 446 g/mol. The van der Waals surface area contributed by atoms with E-state index in [1.165, 1.54) is 22.7 Å². The summed E-state index contributed by atoms with van der Waals surface area (Å²) in [6.45, 7) is 0. The summed E-state index contributed by atoms with van der Waals surface area (Å²) < 4.78 is 1.73. The molecule has 0 aromatic carbocycles. The summed E-state index contributed by atoms with van der Waals surface area (Å²) in [5, 5.41) is 11.9. The number of nitrogens with one attached hydrogen (secondary N) is 1. The summed E-state index contributed by atoms with van der Waals surface area (Å²) in [5.74, 6) is -0.208. The highest BCUT2D eigenvalue weighted by atomic mass is 79.9. The number of thiophene rings is 1. The van der Waals surface area contributed by atoms with Crippen LogP contribution in [0.25, 0.3) is 10.6 Å². The fraction of sp³-hybridized carbons (Fsp3) is 0. The van der Waals surface area contributed by atoms with Crippen molar-refractivity contribution in [3.8, 4) is 10.6 Å². The summed E-state index contributed by atoms with van der Waals surface area (Å²) in [4.78, 5) is 16.7. The molecule has 0 spiro atoms. The van der Waals surface area contributed by atoms with Crippen molar-refractivity contribution in [2.75, 3.05) is 5.32 Å². The zero-order valence-electron chi connectivity index (χ0n) is 10.2. The summed E-state index contributed by atoms with van der Waals surface area (Å²) in [7, 11) is 0. The quantitative estimate of drug-likeness (QED) is 0.647. The van der Waals surface area contributed by atoms with Gasteiger partial charge in [0.15, 0.2) is 5.01 Å². The molecule has 5 nitrogen and oxygen atoms in total. The van der Waals surface area contributed by atoms with Crippen molar-refractivity contribution in [3.05, 3.63) is 43.7 Å². The van der Waals surface area contributed by atoms with Gasteiger partial charge in [-0.3, -0.25) is 15.1 Å². The molecule has 0 fully saturated rings. The van der Waals surface area contributed by atoms with E-state index in [1.54, 1.807) is 18.5 Å². The van der Waals surface area contributed by atoms with Crippen LogP contribution in [0.2, 0.25) is 0 Å². The summed E-state index contributed by atoms with van der Waals surface area (Å²) in [6, 6.07) is 5.48. The molecule has 0 saturated carbocycles. The van der Waals surface area contributed by atoms with Gasteiger partial charge in [0.05, 0.1) is 8.66 Å². The Morgan fingerprint density at radius 2 is 2.10 bits per heavy atom. The molecule has 0 aliphatic heterocycles. The third-order valence-corrected chi connectivity index (χ3v) is 6.57. The van der Waals surface area contributed by atoms with Crippen molar-refractivity contribution in [2.24, 2.45) is 0 Å². The Morgan fingerprint density at radius 3 is 2.76 bits per heavy atom. The van der Waals surface area contributed by atoms with E-state index in [1.807, 2.05) is 12.1 Å². The van der Waals surface area contributed by atoms with Gasteiger partial charge in [0, 0.05) is 22.4 Å². The molecule has 106 valence electrons. The first kappa shape index (κ1) is 14.8. The highest BCUT2D eigenvalue weighted by Crippen LogP contribution is 2.33. The van der Waals surface area contributed by atoms with Crippen molar-refractivity contribution in [1.29, 1.82) is 0 Å². The molecule has 0 aliphatic carbocycles. The van der Waals surface area contributed by atoms with E-state index < -0.39 is 0 Å². The van der Waals surface area contributed by atoms with E-state index in [4.69, 9.17) is 0 Å². The average Bonchev–Trinajstić information content (AvgIpc) is 3.08. The maximum atomic E-state index is 12.1. The minimum atomic E-state index is -0.208. The van der Waals surface area contributed by atoms with Crippen LogP contribution >= 0.6 is 54.5 Å². The number of nitrogens with zero attached hydrogens (tertiary/aromatic N) is 3. The predicted octanol–water partition coefficient (Wildman–Crippen LogP) is 4.44. The SMILES string of the molecule is O=C(Nc1nnc(-c2cccnc2)s1)c1cc(Br)c(Br)s1. The molecule has 9 heteroatoms. The molecule has 1 N–H and O–H groups in total. The van der Waals surface area contributed by atoms with E-state index in [0.29, 0.717) is 15.0 Å². The van der Waals surface area contributed by atoms with Crippen LogP contribution in [0.3, 0.4) is 0 Å². The molecule has 3 rings (SSSR count). The highest BCUT2D eigenvalue weighted by Gasteiger charge is 2.15. The van der Waals surface area contributed by atoms with Crippen LogP contribution in [0.4, 0.5) is 5.13 Å². The van der Waals surface area contributed by atoms with Gasteiger partial charge in [-0.2, -0.15) is 0 Å². The topological polar surface area (TPSA) is 67.8 Å². The summed E-state index contributed by atoms with van der Waals surface area (Å²) in [6.07, 6.45) is 3.40. The number of halogens is 2. The van der Waals surface area contributed by atoms with Crippen LogP contribution in [0, 0.1) is 0 Å². The van der Waals surface area contributed by atoms with Crippen molar-refractivity contribution in [1.82, 2.24) is 15.2 Å². The monoisotopic (exact) mass is 444 g/mol. The molecule has 0 atom stereocenters. The molecule has 3 aromatic heterocycles. The highest BCUT2D eigenvalue weighted by molar-refractivity contribution is 9.13. The molecule has 3 heterocycles. The maximum absolute atomic E-state index is 12.1. The van der Waals surface area contributed by atoms with Crippen LogP contribution in [0.1, 0.15) is 9.67 Å². The van der Waals surface area contributed by atoms with Gasteiger partial charge in [0.2, 0.25) is 5.13 Å². The minimum absolute atomic E-state index is 0.208. The normalized spacial score (nSPS) is 10.6. The molecule has 21 heavy (non-hydrogen) atoms. The van der Waals surface area contributed by atoms with Gasteiger partial charge < -0.3 is 0 Å². The Balaban J connectivity index is 1.77. The van der Waals surface area contributed by atoms with Crippen LogP contribution in [0.5, 0.6) is 0 Å². The Labute approximate surface area is 144 Å². The molecule has 0 saturated heterocycles. The van der Waals surface area contributed by atoms with Gasteiger partial charge in [-0.25, -0.2) is 0 Å². The Kier molecular flexibility index (Phi) is 4.43. The molecular formula is C12H6Br2N4OS2. The number of rotatable bonds is 3. The van der Waals surface area contributed by atoms with Crippen LogP contribution in [-0.4, -0.2) is 21.1 Å². The van der Waals surface area contributed by atoms with Gasteiger partial charge in [-0.05, 0) is 50.1 Å². The molecule has 0 aliphatic rings. The molecule has 1 amide bonds. The van der Waals surface area contributed by atoms with Gasteiger partial charge in [-0.1, -0.05) is 11.3 Å². The number of carbonyl (C=O) groups excluding carboxylic acids is 1. The number of hydrogen-bond donors (Lipinski definition) is 1. The van der Waals surface area contributed by atoms with E-state index in [0.717, 1.165) is 13.8 Å². The number of anilines is 1. The second-order valence-electron chi connectivity index (χ2n) is 3.84. The van der Waals surface area contributed by atoms with E-state index >= 15 is 0 Å². The van der Waals surface area contributed by atoms with Gasteiger partial charge >= 0.3 is 0 Å². The van der Waals surface area contributed by atoms with E-state index in [-0.39, 0.29) is 5.91 Å². The molecule has 3 aromatic rings. The lowest BCUT2D eigenvalue weighted by Crippen LogP contribution is -2.09. The Hall–Kier alpha value is -1.16. The third-order valence-electron chi connectivity index (χ3n) is 2.42. The Morgan fingerprint density at radius 1 is 1.24 bits per heavy atom. The molecule has 0 unspecified atom stereocenters. The fourth-order valence-corrected chi connectivity index (χ4v) is 4.16.